The molecule has 0 heterocycles. The highest BCUT2D eigenvalue weighted by Crippen LogP contribution is 2.21. The van der Waals surface area contributed by atoms with Gasteiger partial charge in [0.15, 0.2) is 0 Å². The summed E-state index contributed by atoms with van der Waals surface area (Å²) >= 11 is 0. The molecule has 6 nitrogen and oxygen atoms in total. The largest absolute Gasteiger partial charge is 0.497 e. The Morgan fingerprint density at radius 3 is 2.37 bits per heavy atom. The third-order valence-electron chi connectivity index (χ3n) is 4.65. The van der Waals surface area contributed by atoms with Crippen molar-refractivity contribution in [1.82, 2.24) is 5.32 Å². The van der Waals surface area contributed by atoms with E-state index in [4.69, 9.17) is 4.74 Å². The van der Waals surface area contributed by atoms with E-state index in [1.54, 1.807) is 56.5 Å². The number of aryl methyl sites for hydroxylation is 2. The first kappa shape index (κ1) is 21.4. The molecule has 2 N–H and O–H groups in total. The highest BCUT2D eigenvalue weighted by Gasteiger charge is 2.16. The number of ether oxygens (including phenoxy) is 1. The number of hydrogen-bond acceptors (Lipinski definition) is 4. The monoisotopic (exact) mass is 424 g/mol. The van der Waals surface area contributed by atoms with Crippen molar-refractivity contribution < 1.29 is 17.9 Å². The summed E-state index contributed by atoms with van der Waals surface area (Å²) in [5.41, 5.74) is 3.43. The molecule has 7 heteroatoms. The first-order valence-corrected chi connectivity index (χ1v) is 10.9. The van der Waals surface area contributed by atoms with Gasteiger partial charge in [0.05, 0.1) is 17.7 Å². The number of carbonyl (C=O) groups excluding carboxylic acids is 1. The maximum atomic E-state index is 12.6. The van der Waals surface area contributed by atoms with Crippen LogP contribution >= 0.6 is 0 Å². The predicted molar refractivity (Wildman–Crippen MR) is 117 cm³/mol. The smallest absolute Gasteiger partial charge is 0.261 e. The SMILES string of the molecule is COc1cccc(CNC(=O)c2ccc(NS(=O)(=O)c3ccc(C)cc3)c(C)c2)c1. The highest BCUT2D eigenvalue weighted by molar-refractivity contribution is 7.92. The molecular formula is C23H24N2O4S. The minimum absolute atomic E-state index is 0.188. The summed E-state index contributed by atoms with van der Waals surface area (Å²) in [5, 5.41) is 2.86. The zero-order valence-electron chi connectivity index (χ0n) is 17.1. The Morgan fingerprint density at radius 1 is 0.967 bits per heavy atom. The predicted octanol–water partition coefficient (Wildman–Crippen LogP) is 4.04. The Hall–Kier alpha value is -3.32. The fraction of sp³-hybridized carbons (Fsp3) is 0.174. The maximum Gasteiger partial charge on any atom is 0.261 e. The summed E-state index contributed by atoms with van der Waals surface area (Å²) in [6, 6.07) is 18.9. The molecule has 0 spiro atoms. The Bertz CT molecular complexity index is 1160. The van der Waals surface area contributed by atoms with Crippen LogP contribution in [0.2, 0.25) is 0 Å². The van der Waals surface area contributed by atoms with Crippen molar-refractivity contribution in [2.24, 2.45) is 0 Å². The molecule has 0 atom stereocenters. The van der Waals surface area contributed by atoms with Crippen molar-refractivity contribution in [2.45, 2.75) is 25.3 Å². The average Bonchev–Trinajstić information content (AvgIpc) is 2.73. The summed E-state index contributed by atoms with van der Waals surface area (Å²) in [4.78, 5) is 12.7. The minimum atomic E-state index is -3.70. The molecular weight excluding hydrogens is 400 g/mol. The fourth-order valence-corrected chi connectivity index (χ4v) is 4.04. The van der Waals surface area contributed by atoms with E-state index in [0.29, 0.717) is 23.4 Å². The summed E-state index contributed by atoms with van der Waals surface area (Å²) in [5.74, 6) is 0.483. The second kappa shape index (κ2) is 9.00. The van der Waals surface area contributed by atoms with Crippen LogP contribution in [0.15, 0.2) is 71.6 Å². The van der Waals surface area contributed by atoms with E-state index in [9.17, 15) is 13.2 Å². The first-order valence-electron chi connectivity index (χ1n) is 9.40. The van der Waals surface area contributed by atoms with Crippen LogP contribution in [0.5, 0.6) is 5.75 Å². The van der Waals surface area contributed by atoms with Crippen LogP contribution in [-0.4, -0.2) is 21.4 Å². The van der Waals surface area contributed by atoms with Gasteiger partial charge in [-0.3, -0.25) is 9.52 Å². The molecule has 1 amide bonds. The second-order valence-corrected chi connectivity index (χ2v) is 8.66. The van der Waals surface area contributed by atoms with Crippen molar-refractivity contribution in [1.29, 1.82) is 0 Å². The van der Waals surface area contributed by atoms with Gasteiger partial charge in [0.25, 0.3) is 15.9 Å². The molecule has 0 saturated heterocycles. The fourth-order valence-electron chi connectivity index (χ4n) is 2.91. The Labute approximate surface area is 177 Å². The molecule has 30 heavy (non-hydrogen) atoms. The topological polar surface area (TPSA) is 84.5 Å². The van der Waals surface area contributed by atoms with Crippen LogP contribution in [0, 0.1) is 13.8 Å². The molecule has 3 aromatic carbocycles. The third-order valence-corrected chi connectivity index (χ3v) is 6.03. The molecule has 156 valence electrons. The number of benzene rings is 3. The quantitative estimate of drug-likeness (QED) is 0.599. The Balaban J connectivity index is 1.69. The molecule has 0 aromatic heterocycles. The van der Waals surface area contributed by atoms with Gasteiger partial charge in [0.2, 0.25) is 0 Å². The van der Waals surface area contributed by atoms with Crippen LogP contribution in [0.1, 0.15) is 27.0 Å². The van der Waals surface area contributed by atoms with Crippen LogP contribution in [-0.2, 0) is 16.6 Å². The summed E-state index contributed by atoms with van der Waals surface area (Å²) in [7, 11) is -2.11. The van der Waals surface area contributed by atoms with Gasteiger partial charge in [-0.2, -0.15) is 0 Å². The lowest BCUT2D eigenvalue weighted by atomic mass is 10.1. The molecule has 0 aliphatic heterocycles. The number of hydrogen-bond donors (Lipinski definition) is 2. The van der Waals surface area contributed by atoms with Crippen molar-refractivity contribution >= 4 is 21.6 Å². The molecule has 0 aliphatic rings. The zero-order valence-corrected chi connectivity index (χ0v) is 17.9. The zero-order chi connectivity index (χ0) is 21.7. The molecule has 3 aromatic rings. The van der Waals surface area contributed by atoms with E-state index in [-0.39, 0.29) is 10.8 Å². The van der Waals surface area contributed by atoms with Gasteiger partial charge in [-0.05, 0) is 67.4 Å². The molecule has 0 saturated carbocycles. The van der Waals surface area contributed by atoms with Crippen LogP contribution in [0.25, 0.3) is 0 Å². The van der Waals surface area contributed by atoms with E-state index in [1.165, 1.54) is 0 Å². The van der Waals surface area contributed by atoms with Crippen molar-refractivity contribution in [2.75, 3.05) is 11.8 Å². The standard InChI is InChI=1S/C23H24N2O4S/c1-16-7-10-21(11-8-16)30(27,28)25-22-12-9-19(13-17(22)2)23(26)24-15-18-5-4-6-20(14-18)29-3/h4-14,25H,15H2,1-3H3,(H,24,26). The first-order chi connectivity index (χ1) is 14.3. The van der Waals surface area contributed by atoms with Gasteiger partial charge in [0.1, 0.15) is 5.75 Å². The number of rotatable bonds is 7. The normalized spacial score (nSPS) is 11.0. The van der Waals surface area contributed by atoms with Crippen LogP contribution in [0.3, 0.4) is 0 Å². The van der Waals surface area contributed by atoms with E-state index >= 15 is 0 Å². The van der Waals surface area contributed by atoms with Crippen molar-refractivity contribution in [3.63, 3.8) is 0 Å². The summed E-state index contributed by atoms with van der Waals surface area (Å²) in [6.07, 6.45) is 0. The maximum absolute atomic E-state index is 12.6. The molecule has 0 radical (unpaired) electrons. The summed E-state index contributed by atoms with van der Waals surface area (Å²) in [6.45, 7) is 4.01. The number of anilines is 1. The third kappa shape index (κ3) is 5.18. The molecule has 0 fully saturated rings. The van der Waals surface area contributed by atoms with Crippen LogP contribution < -0.4 is 14.8 Å². The van der Waals surface area contributed by atoms with E-state index in [1.807, 2.05) is 31.2 Å². The number of amides is 1. The van der Waals surface area contributed by atoms with Gasteiger partial charge in [-0.25, -0.2) is 8.42 Å². The molecule has 3 rings (SSSR count). The lowest BCUT2D eigenvalue weighted by molar-refractivity contribution is 0.0951. The highest BCUT2D eigenvalue weighted by atomic mass is 32.2. The lowest BCUT2D eigenvalue weighted by Crippen LogP contribution is -2.23. The Morgan fingerprint density at radius 2 is 1.70 bits per heavy atom. The molecule has 0 aliphatic carbocycles. The molecule has 0 unspecified atom stereocenters. The Kier molecular flexibility index (Phi) is 6.42. The van der Waals surface area contributed by atoms with Crippen molar-refractivity contribution in [3.8, 4) is 5.75 Å². The van der Waals surface area contributed by atoms with Gasteiger partial charge in [0, 0.05) is 12.1 Å². The van der Waals surface area contributed by atoms with Gasteiger partial charge in [-0.15, -0.1) is 0 Å². The van der Waals surface area contributed by atoms with Gasteiger partial charge >= 0.3 is 0 Å². The van der Waals surface area contributed by atoms with Gasteiger partial charge < -0.3 is 10.1 Å². The van der Waals surface area contributed by atoms with E-state index in [2.05, 4.69) is 10.0 Å². The average molecular weight is 425 g/mol. The van der Waals surface area contributed by atoms with Crippen molar-refractivity contribution in [3.05, 3.63) is 89.0 Å². The minimum Gasteiger partial charge on any atom is -0.497 e. The summed E-state index contributed by atoms with van der Waals surface area (Å²) < 4.78 is 33.0. The van der Waals surface area contributed by atoms with E-state index < -0.39 is 10.0 Å². The number of carbonyl (C=O) groups is 1. The number of sulfonamides is 1. The number of nitrogens with one attached hydrogen (secondary N) is 2. The van der Waals surface area contributed by atoms with Gasteiger partial charge in [-0.1, -0.05) is 29.8 Å². The lowest BCUT2D eigenvalue weighted by Gasteiger charge is -2.12. The second-order valence-electron chi connectivity index (χ2n) is 6.98. The van der Waals surface area contributed by atoms with E-state index in [0.717, 1.165) is 16.9 Å². The number of methoxy groups -OCH3 is 1. The molecule has 0 bridgehead atoms. The van der Waals surface area contributed by atoms with Crippen LogP contribution in [0.4, 0.5) is 5.69 Å².